The van der Waals surface area contributed by atoms with E-state index in [0.29, 0.717) is 11.1 Å². The van der Waals surface area contributed by atoms with Crippen molar-refractivity contribution in [2.75, 3.05) is 0 Å². The van der Waals surface area contributed by atoms with E-state index in [0.717, 1.165) is 0 Å². The average Bonchev–Trinajstić information content (AvgIpc) is 2.16. The van der Waals surface area contributed by atoms with E-state index in [1.165, 1.54) is 0 Å². The smallest absolute Gasteiger partial charge is 0.310 e. The van der Waals surface area contributed by atoms with Crippen LogP contribution in [0.4, 0.5) is 0 Å². The molecule has 1 rings (SSSR count). The largest absolute Gasteiger partial charge is 0.481 e. The number of hydrogen-bond donors (Lipinski definition) is 1. The second-order valence-electron chi connectivity index (χ2n) is 2.79. The van der Waals surface area contributed by atoms with Gasteiger partial charge in [0.05, 0.1) is 5.92 Å². The highest BCUT2D eigenvalue weighted by Crippen LogP contribution is 2.18. The minimum Gasteiger partial charge on any atom is -0.481 e. The number of rotatable bonds is 2. The number of carboxylic acids is 1. The zero-order valence-corrected chi connectivity index (χ0v) is 7.32. The summed E-state index contributed by atoms with van der Waals surface area (Å²) in [5.74, 6) is 1.06. The molecule has 1 aromatic carbocycles. The van der Waals surface area contributed by atoms with Crippen molar-refractivity contribution in [2.24, 2.45) is 0 Å². The molecule has 0 radical (unpaired) electrons. The lowest BCUT2D eigenvalue weighted by Gasteiger charge is -2.08. The van der Waals surface area contributed by atoms with Crippen molar-refractivity contribution in [1.82, 2.24) is 0 Å². The van der Waals surface area contributed by atoms with E-state index >= 15 is 0 Å². The van der Waals surface area contributed by atoms with Gasteiger partial charge in [-0.3, -0.25) is 4.79 Å². The Morgan fingerprint density at radius 1 is 1.54 bits per heavy atom. The van der Waals surface area contributed by atoms with E-state index in [4.69, 9.17) is 11.5 Å². The lowest BCUT2D eigenvalue weighted by atomic mass is 9.96. The molecule has 0 aliphatic carbocycles. The molecule has 0 aromatic heterocycles. The Labute approximate surface area is 77.2 Å². The summed E-state index contributed by atoms with van der Waals surface area (Å²) in [5, 5.41) is 8.79. The maximum absolute atomic E-state index is 10.7. The first-order valence-electron chi connectivity index (χ1n) is 3.95. The zero-order chi connectivity index (χ0) is 9.84. The van der Waals surface area contributed by atoms with Gasteiger partial charge in [-0.05, 0) is 18.6 Å². The third kappa shape index (κ3) is 1.88. The summed E-state index contributed by atoms with van der Waals surface area (Å²) in [6, 6.07) is 7.08. The predicted octanol–water partition coefficient (Wildman–Crippen LogP) is 1.86. The molecule has 0 bridgehead atoms. The fraction of sp³-hybridized carbons (Fsp3) is 0.182. The van der Waals surface area contributed by atoms with Gasteiger partial charge in [0.25, 0.3) is 0 Å². The van der Waals surface area contributed by atoms with Crippen LogP contribution in [0.25, 0.3) is 0 Å². The van der Waals surface area contributed by atoms with Gasteiger partial charge in [-0.15, -0.1) is 6.42 Å². The van der Waals surface area contributed by atoms with Crippen LogP contribution in [0, 0.1) is 12.3 Å². The van der Waals surface area contributed by atoms with Crippen molar-refractivity contribution < 1.29 is 9.90 Å². The van der Waals surface area contributed by atoms with E-state index in [1.54, 1.807) is 31.2 Å². The van der Waals surface area contributed by atoms with Gasteiger partial charge in [0.15, 0.2) is 0 Å². The molecule has 2 nitrogen and oxygen atoms in total. The molecule has 0 aliphatic heterocycles. The molecule has 0 aliphatic rings. The maximum atomic E-state index is 10.7. The second-order valence-corrected chi connectivity index (χ2v) is 2.79. The summed E-state index contributed by atoms with van der Waals surface area (Å²) in [4.78, 5) is 10.7. The Kier molecular flexibility index (Phi) is 2.71. The standard InChI is InChI=1S/C11H10O2/c1-3-9-6-4-5-7-10(9)8(2)11(12)13/h1,4-8H,2H3,(H,12,13)/t8-/m0/s1. The zero-order valence-electron chi connectivity index (χ0n) is 7.32. The Hall–Kier alpha value is -1.75. The van der Waals surface area contributed by atoms with Crippen LogP contribution in [0.5, 0.6) is 0 Å². The number of terminal acetylenes is 1. The molecule has 0 spiro atoms. The highest BCUT2D eigenvalue weighted by molar-refractivity contribution is 5.76. The molecular weight excluding hydrogens is 164 g/mol. The molecule has 0 saturated carbocycles. The fourth-order valence-corrected chi connectivity index (χ4v) is 1.14. The van der Waals surface area contributed by atoms with Crippen LogP contribution in [0.1, 0.15) is 24.0 Å². The third-order valence-corrected chi connectivity index (χ3v) is 1.95. The van der Waals surface area contributed by atoms with E-state index < -0.39 is 11.9 Å². The molecule has 13 heavy (non-hydrogen) atoms. The Balaban J connectivity index is 3.15. The Morgan fingerprint density at radius 3 is 2.69 bits per heavy atom. The fourth-order valence-electron chi connectivity index (χ4n) is 1.14. The lowest BCUT2D eigenvalue weighted by Crippen LogP contribution is -2.08. The number of carbonyl (C=O) groups is 1. The van der Waals surface area contributed by atoms with Gasteiger partial charge in [-0.2, -0.15) is 0 Å². The summed E-state index contributed by atoms with van der Waals surface area (Å²) < 4.78 is 0. The molecule has 66 valence electrons. The molecule has 0 heterocycles. The molecule has 1 aromatic rings. The van der Waals surface area contributed by atoms with Crippen molar-refractivity contribution in [2.45, 2.75) is 12.8 Å². The molecule has 0 fully saturated rings. The van der Waals surface area contributed by atoms with Crippen LogP contribution in [0.15, 0.2) is 24.3 Å². The second kappa shape index (κ2) is 3.77. The number of benzene rings is 1. The molecule has 0 saturated heterocycles. The molecule has 0 unspecified atom stereocenters. The van der Waals surface area contributed by atoms with Gasteiger partial charge >= 0.3 is 5.97 Å². The Morgan fingerprint density at radius 2 is 2.15 bits per heavy atom. The van der Waals surface area contributed by atoms with E-state index in [9.17, 15) is 4.79 Å². The molecule has 1 N–H and O–H groups in total. The summed E-state index contributed by atoms with van der Waals surface area (Å²) in [7, 11) is 0. The maximum Gasteiger partial charge on any atom is 0.310 e. The van der Waals surface area contributed by atoms with Crippen LogP contribution >= 0.6 is 0 Å². The lowest BCUT2D eigenvalue weighted by molar-refractivity contribution is -0.138. The van der Waals surface area contributed by atoms with Gasteiger partial charge in [-0.1, -0.05) is 24.1 Å². The predicted molar refractivity (Wildman–Crippen MR) is 50.4 cm³/mol. The van der Waals surface area contributed by atoms with Crippen LogP contribution in [-0.4, -0.2) is 11.1 Å². The third-order valence-electron chi connectivity index (χ3n) is 1.95. The van der Waals surface area contributed by atoms with Crippen molar-refractivity contribution >= 4 is 5.97 Å². The summed E-state index contributed by atoms with van der Waals surface area (Å²) >= 11 is 0. The van der Waals surface area contributed by atoms with Gasteiger partial charge in [0.2, 0.25) is 0 Å². The average molecular weight is 174 g/mol. The normalized spacial score (nSPS) is 11.7. The Bertz CT molecular complexity index is 361. The van der Waals surface area contributed by atoms with Crippen LogP contribution in [-0.2, 0) is 4.79 Å². The molecule has 1 atom stereocenters. The van der Waals surface area contributed by atoms with Crippen molar-refractivity contribution in [3.63, 3.8) is 0 Å². The monoisotopic (exact) mass is 174 g/mol. The van der Waals surface area contributed by atoms with Gasteiger partial charge in [0.1, 0.15) is 0 Å². The molecular formula is C11H10O2. The summed E-state index contributed by atoms with van der Waals surface area (Å²) in [6.45, 7) is 1.62. The highest BCUT2D eigenvalue weighted by atomic mass is 16.4. The molecule has 0 amide bonds. The van der Waals surface area contributed by atoms with E-state index in [2.05, 4.69) is 5.92 Å². The van der Waals surface area contributed by atoms with E-state index in [1.807, 2.05) is 0 Å². The van der Waals surface area contributed by atoms with Crippen LogP contribution in [0.3, 0.4) is 0 Å². The van der Waals surface area contributed by atoms with Crippen molar-refractivity contribution in [3.05, 3.63) is 35.4 Å². The quantitative estimate of drug-likeness (QED) is 0.695. The number of carboxylic acid groups (broad SMARTS) is 1. The highest BCUT2D eigenvalue weighted by Gasteiger charge is 2.15. The first-order chi connectivity index (χ1) is 6.16. The summed E-state index contributed by atoms with van der Waals surface area (Å²) in [5.41, 5.74) is 1.34. The van der Waals surface area contributed by atoms with E-state index in [-0.39, 0.29) is 0 Å². The van der Waals surface area contributed by atoms with Crippen LogP contribution in [0.2, 0.25) is 0 Å². The van der Waals surface area contributed by atoms with Crippen molar-refractivity contribution in [1.29, 1.82) is 0 Å². The van der Waals surface area contributed by atoms with Gasteiger partial charge in [-0.25, -0.2) is 0 Å². The van der Waals surface area contributed by atoms with Crippen molar-refractivity contribution in [3.8, 4) is 12.3 Å². The SMILES string of the molecule is C#Cc1ccccc1[C@H](C)C(=O)O. The topological polar surface area (TPSA) is 37.3 Å². The van der Waals surface area contributed by atoms with Gasteiger partial charge in [0, 0.05) is 5.56 Å². The number of hydrogen-bond acceptors (Lipinski definition) is 1. The first kappa shape index (κ1) is 9.34. The van der Waals surface area contributed by atoms with Crippen LogP contribution < -0.4 is 0 Å². The first-order valence-corrected chi connectivity index (χ1v) is 3.95. The summed E-state index contributed by atoms with van der Waals surface area (Å²) in [6.07, 6.45) is 5.25. The minimum atomic E-state index is -0.859. The van der Waals surface area contributed by atoms with Gasteiger partial charge < -0.3 is 5.11 Å². The minimum absolute atomic E-state index is 0.549. The number of aliphatic carboxylic acids is 1. The molecule has 2 heteroatoms.